The third-order valence-corrected chi connectivity index (χ3v) is 3.42. The van der Waals surface area contributed by atoms with Crippen LogP contribution in [0.2, 0.25) is 0 Å². The molecule has 1 atom stereocenters. The lowest BCUT2D eigenvalue weighted by Crippen LogP contribution is -2.21. The van der Waals surface area contributed by atoms with E-state index in [2.05, 4.69) is 12.2 Å². The van der Waals surface area contributed by atoms with E-state index in [1.165, 1.54) is 12.8 Å². The first-order chi connectivity index (χ1) is 8.78. The van der Waals surface area contributed by atoms with Crippen LogP contribution in [0.25, 0.3) is 10.9 Å². The molecule has 0 amide bonds. The fraction of sp³-hybridized carbons (Fsp3) is 0.400. The molecule has 1 aliphatic rings. The Morgan fingerprint density at radius 3 is 2.83 bits per heavy atom. The normalized spacial score (nSPS) is 16.8. The summed E-state index contributed by atoms with van der Waals surface area (Å²) < 4.78 is 5.47. The van der Waals surface area contributed by atoms with Crippen LogP contribution in [0.15, 0.2) is 30.3 Å². The fourth-order valence-electron chi connectivity index (χ4n) is 2.24. The summed E-state index contributed by atoms with van der Waals surface area (Å²) in [6.45, 7) is 2.16. The lowest BCUT2D eigenvalue weighted by Gasteiger charge is -2.15. The van der Waals surface area contributed by atoms with Crippen LogP contribution >= 0.6 is 0 Å². The summed E-state index contributed by atoms with van der Waals surface area (Å²) in [5.41, 5.74) is 2.05. The summed E-state index contributed by atoms with van der Waals surface area (Å²) in [6, 6.07) is 11.1. The zero-order chi connectivity index (χ0) is 12.5. The van der Waals surface area contributed by atoms with Gasteiger partial charge in [-0.2, -0.15) is 0 Å². The average molecular weight is 242 g/mol. The van der Waals surface area contributed by atoms with Crippen LogP contribution < -0.4 is 10.1 Å². The molecule has 1 heterocycles. The molecule has 1 N–H and O–H groups in total. The molecule has 3 heteroatoms. The van der Waals surface area contributed by atoms with Crippen molar-refractivity contribution in [2.45, 2.75) is 31.8 Å². The van der Waals surface area contributed by atoms with Crippen molar-refractivity contribution in [2.75, 3.05) is 7.11 Å². The van der Waals surface area contributed by atoms with Crippen LogP contribution in [-0.4, -0.2) is 18.1 Å². The first-order valence-electron chi connectivity index (χ1n) is 6.47. The molecule has 1 aromatic heterocycles. The molecule has 1 aliphatic carbocycles. The number of nitrogens with one attached hydrogen (secondary N) is 1. The van der Waals surface area contributed by atoms with E-state index in [-0.39, 0.29) is 6.04 Å². The van der Waals surface area contributed by atoms with Gasteiger partial charge in [-0.15, -0.1) is 0 Å². The van der Waals surface area contributed by atoms with Gasteiger partial charge in [-0.25, -0.2) is 0 Å². The van der Waals surface area contributed by atoms with Gasteiger partial charge in [-0.3, -0.25) is 4.98 Å². The first kappa shape index (κ1) is 11.5. The third-order valence-electron chi connectivity index (χ3n) is 3.42. The first-order valence-corrected chi connectivity index (χ1v) is 6.47. The SMILES string of the molecule is COc1cc(C(C)NC2CC2)nc2ccccc12. The van der Waals surface area contributed by atoms with Crippen LogP contribution in [0.3, 0.4) is 0 Å². The smallest absolute Gasteiger partial charge is 0.130 e. The molecule has 94 valence electrons. The Kier molecular flexibility index (Phi) is 2.92. The van der Waals surface area contributed by atoms with E-state index in [9.17, 15) is 0 Å². The van der Waals surface area contributed by atoms with Gasteiger partial charge in [-0.1, -0.05) is 12.1 Å². The Balaban J connectivity index is 2.01. The maximum absolute atomic E-state index is 5.47. The Morgan fingerprint density at radius 2 is 2.11 bits per heavy atom. The summed E-state index contributed by atoms with van der Waals surface area (Å²) in [7, 11) is 1.71. The number of hydrogen-bond donors (Lipinski definition) is 1. The number of para-hydroxylation sites is 1. The second-order valence-electron chi connectivity index (χ2n) is 4.93. The van der Waals surface area contributed by atoms with Crippen molar-refractivity contribution in [2.24, 2.45) is 0 Å². The van der Waals surface area contributed by atoms with Crippen LogP contribution in [0.1, 0.15) is 31.5 Å². The number of fused-ring (bicyclic) bond motifs is 1. The Labute approximate surface area is 107 Å². The number of methoxy groups -OCH3 is 1. The van der Waals surface area contributed by atoms with Gasteiger partial charge < -0.3 is 10.1 Å². The zero-order valence-electron chi connectivity index (χ0n) is 10.8. The molecule has 1 saturated carbocycles. The molecule has 3 nitrogen and oxygen atoms in total. The highest BCUT2D eigenvalue weighted by Crippen LogP contribution is 2.29. The molecule has 1 fully saturated rings. The summed E-state index contributed by atoms with van der Waals surface area (Å²) in [5.74, 6) is 0.903. The van der Waals surface area contributed by atoms with E-state index >= 15 is 0 Å². The molecule has 1 unspecified atom stereocenters. The second kappa shape index (κ2) is 4.58. The lowest BCUT2D eigenvalue weighted by molar-refractivity contribution is 0.417. The van der Waals surface area contributed by atoms with E-state index in [0.29, 0.717) is 6.04 Å². The van der Waals surface area contributed by atoms with Crippen LogP contribution in [0.5, 0.6) is 5.75 Å². The number of pyridine rings is 1. The zero-order valence-corrected chi connectivity index (χ0v) is 10.8. The molecule has 2 aromatic rings. The minimum Gasteiger partial charge on any atom is -0.496 e. The summed E-state index contributed by atoms with van der Waals surface area (Å²) >= 11 is 0. The highest BCUT2D eigenvalue weighted by Gasteiger charge is 2.24. The van der Waals surface area contributed by atoms with Gasteiger partial charge in [0, 0.05) is 23.5 Å². The van der Waals surface area contributed by atoms with Crippen molar-refractivity contribution < 1.29 is 4.74 Å². The van der Waals surface area contributed by atoms with Crippen molar-refractivity contribution in [1.82, 2.24) is 10.3 Å². The van der Waals surface area contributed by atoms with Gasteiger partial charge in [0.15, 0.2) is 0 Å². The second-order valence-corrected chi connectivity index (χ2v) is 4.93. The van der Waals surface area contributed by atoms with Gasteiger partial charge in [0.25, 0.3) is 0 Å². The van der Waals surface area contributed by atoms with Gasteiger partial charge in [-0.05, 0) is 31.9 Å². The van der Waals surface area contributed by atoms with Crippen molar-refractivity contribution in [3.05, 3.63) is 36.0 Å². The molecule has 0 aliphatic heterocycles. The lowest BCUT2D eigenvalue weighted by atomic mass is 10.1. The molecular formula is C15H18N2O. The Bertz CT molecular complexity index is 563. The van der Waals surface area contributed by atoms with E-state index in [4.69, 9.17) is 9.72 Å². The van der Waals surface area contributed by atoms with Crippen molar-refractivity contribution in [3.8, 4) is 5.75 Å². The minimum absolute atomic E-state index is 0.274. The monoisotopic (exact) mass is 242 g/mol. The van der Waals surface area contributed by atoms with Gasteiger partial charge in [0.2, 0.25) is 0 Å². The van der Waals surface area contributed by atoms with Crippen molar-refractivity contribution in [1.29, 1.82) is 0 Å². The maximum Gasteiger partial charge on any atom is 0.130 e. The van der Waals surface area contributed by atoms with Crippen LogP contribution in [0.4, 0.5) is 0 Å². The third kappa shape index (κ3) is 2.18. The molecule has 0 saturated heterocycles. The number of aromatic nitrogens is 1. The molecule has 0 bridgehead atoms. The van der Waals surface area contributed by atoms with Crippen molar-refractivity contribution in [3.63, 3.8) is 0 Å². The van der Waals surface area contributed by atoms with Gasteiger partial charge in [0.1, 0.15) is 5.75 Å². The van der Waals surface area contributed by atoms with E-state index in [1.807, 2.05) is 30.3 Å². The van der Waals surface area contributed by atoms with Gasteiger partial charge in [0.05, 0.1) is 18.3 Å². The maximum atomic E-state index is 5.47. The summed E-state index contributed by atoms with van der Waals surface area (Å²) in [4.78, 5) is 4.72. The number of nitrogens with zero attached hydrogens (tertiary/aromatic N) is 1. The molecule has 18 heavy (non-hydrogen) atoms. The minimum atomic E-state index is 0.274. The Morgan fingerprint density at radius 1 is 1.33 bits per heavy atom. The predicted octanol–water partition coefficient (Wildman–Crippen LogP) is 3.06. The average Bonchev–Trinajstić information content (AvgIpc) is 3.21. The molecule has 3 rings (SSSR count). The standard InChI is InChI=1S/C15H18N2O/c1-10(16-11-7-8-11)14-9-15(18-2)12-5-3-4-6-13(12)17-14/h3-6,9-11,16H,7-8H2,1-2H3. The van der Waals surface area contributed by atoms with E-state index in [1.54, 1.807) is 7.11 Å². The van der Waals surface area contributed by atoms with Crippen LogP contribution in [-0.2, 0) is 0 Å². The number of benzene rings is 1. The Hall–Kier alpha value is -1.61. The molecule has 1 aromatic carbocycles. The summed E-state index contributed by atoms with van der Waals surface area (Å²) in [6.07, 6.45) is 2.57. The number of rotatable bonds is 4. The molecule has 0 radical (unpaired) electrons. The van der Waals surface area contributed by atoms with E-state index < -0.39 is 0 Å². The highest BCUT2D eigenvalue weighted by atomic mass is 16.5. The van der Waals surface area contributed by atoms with E-state index in [0.717, 1.165) is 22.3 Å². The fourth-order valence-corrected chi connectivity index (χ4v) is 2.24. The predicted molar refractivity (Wildman–Crippen MR) is 72.9 cm³/mol. The number of ether oxygens (including phenoxy) is 1. The number of hydrogen-bond acceptors (Lipinski definition) is 3. The quantitative estimate of drug-likeness (QED) is 0.894. The van der Waals surface area contributed by atoms with Crippen molar-refractivity contribution >= 4 is 10.9 Å². The topological polar surface area (TPSA) is 34.1 Å². The largest absolute Gasteiger partial charge is 0.496 e. The summed E-state index contributed by atoms with van der Waals surface area (Å²) in [5, 5.41) is 4.64. The van der Waals surface area contributed by atoms with Gasteiger partial charge >= 0.3 is 0 Å². The molecule has 0 spiro atoms. The molecular weight excluding hydrogens is 224 g/mol. The highest BCUT2D eigenvalue weighted by molar-refractivity contribution is 5.85. The van der Waals surface area contributed by atoms with Crippen LogP contribution in [0, 0.1) is 0 Å².